The molecule has 0 unspecified atom stereocenters. The van der Waals surface area contributed by atoms with Crippen LogP contribution in [0.15, 0.2) is 41.2 Å². The highest BCUT2D eigenvalue weighted by atomic mass is 16.5. The lowest BCUT2D eigenvalue weighted by molar-refractivity contribution is 0.350. The summed E-state index contributed by atoms with van der Waals surface area (Å²) in [5.41, 5.74) is 2.52. The molecule has 0 saturated heterocycles. The van der Waals surface area contributed by atoms with Gasteiger partial charge in [-0.25, -0.2) is 0 Å². The van der Waals surface area contributed by atoms with Gasteiger partial charge in [-0.1, -0.05) is 24.0 Å². The van der Waals surface area contributed by atoms with Crippen molar-refractivity contribution in [2.45, 2.75) is 13.5 Å². The predicted octanol–water partition coefficient (Wildman–Crippen LogP) is 1.56. The molecule has 108 valence electrons. The van der Waals surface area contributed by atoms with Crippen LogP contribution < -0.4 is 10.3 Å². The standard InChI is InChI=1S/C17H17NO3/c1-13-5-3-7-17(20)18(13)12-14-8-9-16(21-2)15(11-14)6-4-10-19/h3,5,7-9,11,19H,10,12H2,1-2H3. The summed E-state index contributed by atoms with van der Waals surface area (Å²) in [6, 6.07) is 10.8. The molecule has 1 N–H and O–H groups in total. The number of aliphatic hydroxyl groups is 1. The van der Waals surface area contributed by atoms with Crippen LogP contribution in [0.5, 0.6) is 5.75 Å². The van der Waals surface area contributed by atoms with Crippen molar-refractivity contribution >= 4 is 0 Å². The molecule has 1 heterocycles. The second kappa shape index (κ2) is 6.78. The minimum Gasteiger partial charge on any atom is -0.495 e. The Labute approximate surface area is 123 Å². The fraction of sp³-hybridized carbons (Fsp3) is 0.235. The van der Waals surface area contributed by atoms with E-state index in [1.165, 1.54) is 0 Å². The third-order valence-electron chi connectivity index (χ3n) is 3.17. The average molecular weight is 283 g/mol. The molecule has 0 fully saturated rings. The van der Waals surface area contributed by atoms with Crippen LogP contribution in [-0.4, -0.2) is 23.4 Å². The minimum absolute atomic E-state index is 0.0335. The van der Waals surface area contributed by atoms with Gasteiger partial charge in [0.15, 0.2) is 0 Å². The number of ether oxygens (including phenoxy) is 1. The van der Waals surface area contributed by atoms with Gasteiger partial charge in [0.25, 0.3) is 5.56 Å². The van der Waals surface area contributed by atoms with E-state index in [9.17, 15) is 4.79 Å². The van der Waals surface area contributed by atoms with E-state index in [-0.39, 0.29) is 12.2 Å². The predicted molar refractivity (Wildman–Crippen MR) is 81.5 cm³/mol. The molecule has 0 atom stereocenters. The van der Waals surface area contributed by atoms with Crippen molar-refractivity contribution in [1.29, 1.82) is 0 Å². The molecule has 0 bridgehead atoms. The van der Waals surface area contributed by atoms with Crippen LogP contribution in [0.4, 0.5) is 0 Å². The lowest BCUT2D eigenvalue weighted by Gasteiger charge is -2.11. The first-order valence-electron chi connectivity index (χ1n) is 6.59. The molecule has 1 aromatic carbocycles. The monoisotopic (exact) mass is 283 g/mol. The largest absolute Gasteiger partial charge is 0.495 e. The number of pyridine rings is 1. The summed E-state index contributed by atoms with van der Waals surface area (Å²) in [6.45, 7) is 2.17. The Morgan fingerprint density at radius 3 is 2.76 bits per heavy atom. The number of aromatic nitrogens is 1. The van der Waals surface area contributed by atoms with Crippen LogP contribution in [0.3, 0.4) is 0 Å². The Kier molecular flexibility index (Phi) is 4.81. The molecule has 21 heavy (non-hydrogen) atoms. The highest BCUT2D eigenvalue weighted by molar-refractivity contribution is 5.48. The first-order chi connectivity index (χ1) is 10.2. The molecule has 2 rings (SSSR count). The van der Waals surface area contributed by atoms with Crippen molar-refractivity contribution in [1.82, 2.24) is 4.57 Å². The van der Waals surface area contributed by atoms with Crippen LogP contribution in [0.25, 0.3) is 0 Å². The Morgan fingerprint density at radius 1 is 1.29 bits per heavy atom. The third kappa shape index (κ3) is 3.53. The summed E-state index contributed by atoms with van der Waals surface area (Å²) in [5.74, 6) is 6.12. The van der Waals surface area contributed by atoms with Gasteiger partial charge in [0.2, 0.25) is 0 Å². The lowest BCUT2D eigenvalue weighted by atomic mass is 10.1. The van der Waals surface area contributed by atoms with Gasteiger partial charge in [0.1, 0.15) is 12.4 Å². The maximum atomic E-state index is 11.9. The molecule has 4 heteroatoms. The molecule has 0 aliphatic carbocycles. The first kappa shape index (κ1) is 14.9. The number of nitrogens with zero attached hydrogens (tertiary/aromatic N) is 1. The van der Waals surface area contributed by atoms with Gasteiger partial charge in [0.05, 0.1) is 19.2 Å². The second-order valence-corrected chi connectivity index (χ2v) is 4.59. The zero-order valence-corrected chi connectivity index (χ0v) is 12.1. The number of hydrogen-bond acceptors (Lipinski definition) is 3. The molecule has 0 spiro atoms. The highest BCUT2D eigenvalue weighted by Gasteiger charge is 2.05. The van der Waals surface area contributed by atoms with Gasteiger partial charge in [-0.3, -0.25) is 4.79 Å². The van der Waals surface area contributed by atoms with E-state index in [0.717, 1.165) is 11.3 Å². The number of benzene rings is 1. The minimum atomic E-state index is -0.204. The van der Waals surface area contributed by atoms with Crippen molar-refractivity contribution in [2.75, 3.05) is 13.7 Å². The number of aryl methyl sites for hydroxylation is 1. The van der Waals surface area contributed by atoms with Gasteiger partial charge < -0.3 is 14.4 Å². The smallest absolute Gasteiger partial charge is 0.251 e. The molecule has 0 radical (unpaired) electrons. The molecule has 0 aliphatic rings. The van der Waals surface area contributed by atoms with Crippen molar-refractivity contribution < 1.29 is 9.84 Å². The second-order valence-electron chi connectivity index (χ2n) is 4.59. The third-order valence-corrected chi connectivity index (χ3v) is 3.17. The lowest BCUT2D eigenvalue weighted by Crippen LogP contribution is -2.21. The number of methoxy groups -OCH3 is 1. The molecule has 0 aliphatic heterocycles. The van der Waals surface area contributed by atoms with Crippen molar-refractivity contribution in [2.24, 2.45) is 0 Å². The summed E-state index contributed by atoms with van der Waals surface area (Å²) in [6.07, 6.45) is 0. The number of aliphatic hydroxyl groups excluding tert-OH is 1. The Bertz CT molecular complexity index is 751. The Hall–Kier alpha value is -2.51. The van der Waals surface area contributed by atoms with Crippen LogP contribution in [0.1, 0.15) is 16.8 Å². The maximum absolute atomic E-state index is 11.9. The Morgan fingerprint density at radius 2 is 2.10 bits per heavy atom. The van der Waals surface area contributed by atoms with Crippen molar-refractivity contribution in [3.8, 4) is 17.6 Å². The molecule has 4 nitrogen and oxygen atoms in total. The molecule has 2 aromatic rings. The van der Waals surface area contributed by atoms with Crippen molar-refractivity contribution in [3.63, 3.8) is 0 Å². The van der Waals surface area contributed by atoms with Crippen LogP contribution in [0, 0.1) is 18.8 Å². The highest BCUT2D eigenvalue weighted by Crippen LogP contribution is 2.19. The summed E-state index contributed by atoms with van der Waals surface area (Å²) < 4.78 is 6.94. The molecular formula is C17H17NO3. The number of rotatable bonds is 3. The SMILES string of the molecule is COc1ccc(Cn2c(C)cccc2=O)cc1C#CCO. The fourth-order valence-corrected chi connectivity index (χ4v) is 2.09. The first-order valence-corrected chi connectivity index (χ1v) is 6.59. The molecule has 0 saturated carbocycles. The zero-order valence-electron chi connectivity index (χ0n) is 12.1. The van der Waals surface area contributed by atoms with Crippen LogP contribution >= 0.6 is 0 Å². The molecular weight excluding hydrogens is 266 g/mol. The van der Waals surface area contributed by atoms with Gasteiger partial charge >= 0.3 is 0 Å². The van der Waals surface area contributed by atoms with Gasteiger partial charge in [-0.15, -0.1) is 0 Å². The van der Waals surface area contributed by atoms with E-state index in [2.05, 4.69) is 11.8 Å². The summed E-state index contributed by atoms with van der Waals surface area (Å²) >= 11 is 0. The van der Waals surface area contributed by atoms with Crippen molar-refractivity contribution in [3.05, 3.63) is 63.6 Å². The summed E-state index contributed by atoms with van der Waals surface area (Å²) in [4.78, 5) is 11.9. The van der Waals surface area contributed by atoms with E-state index < -0.39 is 0 Å². The molecule has 1 aromatic heterocycles. The quantitative estimate of drug-likeness (QED) is 0.870. The van der Waals surface area contributed by atoms with Gasteiger partial charge in [-0.05, 0) is 30.7 Å². The summed E-state index contributed by atoms with van der Waals surface area (Å²) in [7, 11) is 1.57. The van der Waals surface area contributed by atoms with E-state index in [0.29, 0.717) is 17.9 Å². The summed E-state index contributed by atoms with van der Waals surface area (Å²) in [5, 5.41) is 8.81. The van der Waals surface area contributed by atoms with Crippen LogP contribution in [-0.2, 0) is 6.54 Å². The van der Waals surface area contributed by atoms with E-state index in [4.69, 9.17) is 9.84 Å². The normalized spacial score (nSPS) is 9.86. The van der Waals surface area contributed by atoms with Gasteiger partial charge in [-0.2, -0.15) is 0 Å². The topological polar surface area (TPSA) is 51.5 Å². The fourth-order valence-electron chi connectivity index (χ4n) is 2.09. The molecule has 0 amide bonds. The Balaban J connectivity index is 2.39. The van der Waals surface area contributed by atoms with Crippen LogP contribution in [0.2, 0.25) is 0 Å². The zero-order chi connectivity index (χ0) is 15.2. The van der Waals surface area contributed by atoms with Gasteiger partial charge in [0, 0.05) is 11.8 Å². The maximum Gasteiger partial charge on any atom is 0.251 e. The van der Waals surface area contributed by atoms with E-state index >= 15 is 0 Å². The number of hydrogen-bond donors (Lipinski definition) is 1. The average Bonchev–Trinajstić information content (AvgIpc) is 2.49. The van der Waals surface area contributed by atoms with E-state index in [1.54, 1.807) is 23.8 Å². The van der Waals surface area contributed by atoms with E-state index in [1.807, 2.05) is 31.2 Å².